The maximum atomic E-state index is 12.9. The van der Waals surface area contributed by atoms with E-state index in [4.69, 9.17) is 4.74 Å². The second-order valence-electron chi connectivity index (χ2n) is 5.15. The fourth-order valence-corrected chi connectivity index (χ4v) is 3.94. The molecule has 0 saturated carbocycles. The topological polar surface area (TPSA) is 89.8 Å². The van der Waals surface area contributed by atoms with Crippen molar-refractivity contribution in [3.8, 4) is 5.75 Å². The molecule has 0 amide bonds. The molecule has 0 atom stereocenters. The third-order valence-corrected chi connectivity index (χ3v) is 5.36. The molecule has 2 aromatic carbocycles. The van der Waals surface area contributed by atoms with E-state index in [1.807, 2.05) is 6.92 Å². The highest BCUT2D eigenvalue weighted by atomic mass is 32.2. The molecule has 0 N–H and O–H groups in total. The van der Waals surface area contributed by atoms with Gasteiger partial charge < -0.3 is 4.74 Å². The van der Waals surface area contributed by atoms with Gasteiger partial charge in [0, 0.05) is 12.1 Å². The van der Waals surface area contributed by atoms with Gasteiger partial charge in [0.1, 0.15) is 12.4 Å². The van der Waals surface area contributed by atoms with Crippen LogP contribution in [0.1, 0.15) is 5.56 Å². The minimum absolute atomic E-state index is 0.111. The standard InChI is InChI=1S/C15H14N2O5S/c1-11-5-6-14-15(9-11)22-8-7-16(14)23(20,21)13-4-2-3-12(10-13)17(18)19/h2-6,9-10H,7-8H2,1H3. The molecule has 23 heavy (non-hydrogen) atoms. The number of non-ortho nitro benzene ring substituents is 1. The summed E-state index contributed by atoms with van der Waals surface area (Å²) in [6, 6.07) is 10.3. The van der Waals surface area contributed by atoms with Crippen LogP contribution in [0.15, 0.2) is 47.4 Å². The molecule has 0 aromatic heterocycles. The van der Waals surface area contributed by atoms with Crippen LogP contribution >= 0.6 is 0 Å². The Bertz CT molecular complexity index is 879. The Hall–Kier alpha value is -2.61. The largest absolute Gasteiger partial charge is 0.489 e. The van der Waals surface area contributed by atoms with E-state index in [2.05, 4.69) is 0 Å². The van der Waals surface area contributed by atoms with Crippen molar-refractivity contribution >= 4 is 21.4 Å². The maximum absolute atomic E-state index is 12.9. The second-order valence-corrected chi connectivity index (χ2v) is 7.01. The van der Waals surface area contributed by atoms with E-state index in [9.17, 15) is 18.5 Å². The Morgan fingerprint density at radius 1 is 1.22 bits per heavy atom. The van der Waals surface area contributed by atoms with Gasteiger partial charge in [-0.25, -0.2) is 8.42 Å². The number of rotatable bonds is 3. The predicted octanol–water partition coefficient (Wildman–Crippen LogP) is 2.49. The molecule has 0 unspecified atom stereocenters. The number of benzene rings is 2. The van der Waals surface area contributed by atoms with Gasteiger partial charge >= 0.3 is 0 Å². The molecule has 3 rings (SSSR count). The normalized spacial score (nSPS) is 14.0. The average Bonchev–Trinajstić information content (AvgIpc) is 2.54. The Labute approximate surface area is 133 Å². The molecule has 0 fully saturated rings. The molecule has 7 nitrogen and oxygen atoms in total. The van der Waals surface area contributed by atoms with E-state index in [1.165, 1.54) is 22.5 Å². The lowest BCUT2D eigenvalue weighted by Crippen LogP contribution is -2.37. The van der Waals surface area contributed by atoms with Crippen molar-refractivity contribution in [1.29, 1.82) is 0 Å². The minimum Gasteiger partial charge on any atom is -0.489 e. The Kier molecular flexibility index (Phi) is 3.69. The first kappa shape index (κ1) is 15.3. The van der Waals surface area contributed by atoms with Crippen molar-refractivity contribution in [2.75, 3.05) is 17.5 Å². The summed E-state index contributed by atoms with van der Waals surface area (Å²) in [6.07, 6.45) is 0. The first-order valence-electron chi connectivity index (χ1n) is 6.90. The van der Waals surface area contributed by atoms with Gasteiger partial charge in [-0.3, -0.25) is 14.4 Å². The first-order chi connectivity index (χ1) is 10.9. The van der Waals surface area contributed by atoms with Crippen LogP contribution in [-0.2, 0) is 10.0 Å². The molecule has 1 aliphatic rings. The smallest absolute Gasteiger partial charge is 0.270 e. The molecule has 1 aliphatic heterocycles. The van der Waals surface area contributed by atoms with E-state index in [0.29, 0.717) is 11.4 Å². The summed E-state index contributed by atoms with van der Waals surface area (Å²) >= 11 is 0. The lowest BCUT2D eigenvalue weighted by molar-refractivity contribution is -0.385. The Morgan fingerprint density at radius 3 is 2.74 bits per heavy atom. The van der Waals surface area contributed by atoms with Crippen LogP contribution in [0.2, 0.25) is 0 Å². The fourth-order valence-electron chi connectivity index (χ4n) is 2.44. The summed E-state index contributed by atoms with van der Waals surface area (Å²) in [5.74, 6) is 0.491. The first-order valence-corrected chi connectivity index (χ1v) is 8.34. The summed E-state index contributed by atoms with van der Waals surface area (Å²) in [7, 11) is -3.90. The molecule has 0 saturated heterocycles. The van der Waals surface area contributed by atoms with Crippen molar-refractivity contribution in [2.45, 2.75) is 11.8 Å². The number of nitrogens with zero attached hydrogens (tertiary/aromatic N) is 2. The van der Waals surface area contributed by atoms with E-state index in [1.54, 1.807) is 18.2 Å². The third kappa shape index (κ3) is 2.72. The SMILES string of the molecule is Cc1ccc2c(c1)OCCN2S(=O)(=O)c1cccc([N+](=O)[O-])c1. The molecule has 0 radical (unpaired) electrons. The molecular weight excluding hydrogens is 320 g/mol. The number of fused-ring (bicyclic) bond motifs is 1. The highest BCUT2D eigenvalue weighted by Gasteiger charge is 2.31. The average molecular weight is 334 g/mol. The summed E-state index contributed by atoms with van der Waals surface area (Å²) in [5, 5.41) is 10.9. The number of aryl methyl sites for hydroxylation is 1. The van der Waals surface area contributed by atoms with E-state index in [-0.39, 0.29) is 23.7 Å². The second kappa shape index (κ2) is 5.54. The lowest BCUT2D eigenvalue weighted by atomic mass is 10.2. The number of nitro groups is 1. The third-order valence-electron chi connectivity index (χ3n) is 3.55. The van der Waals surface area contributed by atoms with Gasteiger partial charge in [0.15, 0.2) is 0 Å². The van der Waals surface area contributed by atoms with Crippen molar-refractivity contribution in [3.63, 3.8) is 0 Å². The van der Waals surface area contributed by atoms with Gasteiger partial charge in [-0.05, 0) is 30.7 Å². The van der Waals surface area contributed by atoms with Gasteiger partial charge in [0.2, 0.25) is 0 Å². The molecule has 0 bridgehead atoms. The van der Waals surface area contributed by atoms with Crippen LogP contribution in [0.25, 0.3) is 0 Å². The van der Waals surface area contributed by atoms with Gasteiger partial charge in [-0.1, -0.05) is 12.1 Å². The molecule has 8 heteroatoms. The number of nitro benzene ring substituents is 1. The molecule has 1 heterocycles. The number of hydrogen-bond acceptors (Lipinski definition) is 5. The van der Waals surface area contributed by atoms with Crippen molar-refractivity contribution in [1.82, 2.24) is 0 Å². The zero-order valence-electron chi connectivity index (χ0n) is 12.3. The summed E-state index contributed by atoms with van der Waals surface area (Å²) < 4.78 is 32.5. The Balaban J connectivity index is 2.08. The zero-order valence-corrected chi connectivity index (χ0v) is 13.1. The van der Waals surface area contributed by atoms with Crippen LogP contribution in [-0.4, -0.2) is 26.5 Å². The van der Waals surface area contributed by atoms with Crippen molar-refractivity contribution < 1.29 is 18.1 Å². The summed E-state index contributed by atoms with van der Waals surface area (Å²) in [4.78, 5) is 10.1. The minimum atomic E-state index is -3.90. The number of ether oxygens (including phenoxy) is 1. The quantitative estimate of drug-likeness (QED) is 0.635. The van der Waals surface area contributed by atoms with E-state index < -0.39 is 14.9 Å². The molecular formula is C15H14N2O5S. The molecule has 0 spiro atoms. The van der Waals surface area contributed by atoms with Gasteiger partial charge in [-0.15, -0.1) is 0 Å². The maximum Gasteiger partial charge on any atom is 0.270 e. The summed E-state index contributed by atoms with van der Waals surface area (Å²) in [5.41, 5.74) is 1.13. The van der Waals surface area contributed by atoms with Crippen LogP contribution < -0.4 is 9.04 Å². The highest BCUT2D eigenvalue weighted by molar-refractivity contribution is 7.92. The molecule has 120 valence electrons. The van der Waals surface area contributed by atoms with Gasteiger partial charge in [0.05, 0.1) is 22.1 Å². The zero-order chi connectivity index (χ0) is 16.6. The number of hydrogen-bond donors (Lipinski definition) is 0. The number of anilines is 1. The fraction of sp³-hybridized carbons (Fsp3) is 0.200. The van der Waals surface area contributed by atoms with Crippen molar-refractivity contribution in [3.05, 3.63) is 58.1 Å². The number of sulfonamides is 1. The van der Waals surface area contributed by atoms with E-state index >= 15 is 0 Å². The van der Waals surface area contributed by atoms with Crippen molar-refractivity contribution in [2.24, 2.45) is 0 Å². The van der Waals surface area contributed by atoms with Gasteiger partial charge in [-0.2, -0.15) is 0 Å². The highest BCUT2D eigenvalue weighted by Crippen LogP contribution is 2.36. The lowest BCUT2D eigenvalue weighted by Gasteiger charge is -2.30. The van der Waals surface area contributed by atoms with Gasteiger partial charge in [0.25, 0.3) is 15.7 Å². The Morgan fingerprint density at radius 2 is 2.00 bits per heavy atom. The van der Waals surface area contributed by atoms with Crippen LogP contribution in [0.5, 0.6) is 5.75 Å². The monoisotopic (exact) mass is 334 g/mol. The molecule has 2 aromatic rings. The van der Waals surface area contributed by atoms with E-state index in [0.717, 1.165) is 11.6 Å². The van der Waals surface area contributed by atoms with Crippen LogP contribution in [0, 0.1) is 17.0 Å². The van der Waals surface area contributed by atoms with Crippen LogP contribution in [0.3, 0.4) is 0 Å². The molecule has 0 aliphatic carbocycles. The predicted molar refractivity (Wildman–Crippen MR) is 84.3 cm³/mol. The van der Waals surface area contributed by atoms with Crippen LogP contribution in [0.4, 0.5) is 11.4 Å². The summed E-state index contributed by atoms with van der Waals surface area (Å²) in [6.45, 7) is 2.27.